The molecule has 2 heterocycles. The maximum absolute atomic E-state index is 12.5. The van der Waals surface area contributed by atoms with Gasteiger partial charge in [-0.2, -0.15) is 0 Å². The van der Waals surface area contributed by atoms with Crippen LogP contribution < -0.4 is 22.3 Å². The molecule has 0 aromatic carbocycles. The summed E-state index contributed by atoms with van der Waals surface area (Å²) in [5, 5.41) is 2.71. The smallest absolute Gasteiger partial charge is 0.332 e. The first-order valence-electron chi connectivity index (χ1n) is 7.90. The van der Waals surface area contributed by atoms with Crippen molar-refractivity contribution in [2.45, 2.75) is 38.8 Å². The lowest BCUT2D eigenvalue weighted by molar-refractivity contribution is -0.122. The Morgan fingerprint density at radius 1 is 1.29 bits per heavy atom. The van der Waals surface area contributed by atoms with E-state index in [-0.39, 0.29) is 12.1 Å². The molecule has 3 N–H and O–H groups in total. The maximum atomic E-state index is 12.5. The van der Waals surface area contributed by atoms with Crippen LogP contribution in [0.15, 0.2) is 15.9 Å². The summed E-state index contributed by atoms with van der Waals surface area (Å²) in [5.41, 5.74) is 5.11. The first kappa shape index (κ1) is 17.9. The van der Waals surface area contributed by atoms with Crippen LogP contribution in [0.1, 0.15) is 26.7 Å². The normalized spacial score (nSPS) is 11.9. The van der Waals surface area contributed by atoms with E-state index in [4.69, 9.17) is 5.73 Å². The predicted molar refractivity (Wildman–Crippen MR) is 90.7 cm³/mol. The van der Waals surface area contributed by atoms with E-state index in [0.717, 1.165) is 4.57 Å². The van der Waals surface area contributed by atoms with Crippen LogP contribution in [0.5, 0.6) is 0 Å². The van der Waals surface area contributed by atoms with Crippen molar-refractivity contribution in [3.8, 4) is 0 Å². The van der Waals surface area contributed by atoms with E-state index in [0.29, 0.717) is 25.0 Å². The Kier molecular flexibility index (Phi) is 4.93. The third-order valence-electron chi connectivity index (χ3n) is 4.55. The molecule has 0 saturated carbocycles. The molecule has 0 unspecified atom stereocenters. The minimum absolute atomic E-state index is 0.278. The summed E-state index contributed by atoms with van der Waals surface area (Å²) < 4.78 is 3.70. The second kappa shape index (κ2) is 6.60. The van der Waals surface area contributed by atoms with Gasteiger partial charge in [0.2, 0.25) is 5.91 Å². The molecule has 0 bridgehead atoms. The molecule has 0 atom stereocenters. The highest BCUT2D eigenvalue weighted by molar-refractivity contribution is 5.76. The van der Waals surface area contributed by atoms with Gasteiger partial charge in [-0.25, -0.2) is 14.3 Å². The quantitative estimate of drug-likeness (QED) is 0.706. The van der Waals surface area contributed by atoms with Gasteiger partial charge in [-0.05, 0) is 12.8 Å². The van der Waals surface area contributed by atoms with Crippen LogP contribution in [0.3, 0.4) is 0 Å². The molecule has 9 heteroatoms. The van der Waals surface area contributed by atoms with Gasteiger partial charge in [-0.3, -0.25) is 14.2 Å². The van der Waals surface area contributed by atoms with Crippen molar-refractivity contribution in [1.82, 2.24) is 24.0 Å². The maximum Gasteiger partial charge on any atom is 0.332 e. The molecule has 0 aliphatic rings. The van der Waals surface area contributed by atoms with E-state index in [9.17, 15) is 14.4 Å². The molecule has 2 aromatic rings. The SMILES string of the molecule is CCC(N)(CC)CNC(=O)Cn1c(=O)c2c(ncn2C)n(C)c1=O. The average Bonchev–Trinajstić information content (AvgIpc) is 2.96. The lowest BCUT2D eigenvalue weighted by Gasteiger charge is -2.26. The summed E-state index contributed by atoms with van der Waals surface area (Å²) in [6.07, 6.45) is 2.89. The summed E-state index contributed by atoms with van der Waals surface area (Å²) in [6.45, 7) is 3.84. The standard InChI is InChI=1S/C15H24N6O3/c1-5-15(16,6-2)8-17-10(22)7-21-13(23)11-12(18-9-19(11)3)20(4)14(21)24/h9H,5-8,16H2,1-4H3,(H,17,22). The molecule has 0 spiro atoms. The number of nitrogens with one attached hydrogen (secondary N) is 1. The number of aromatic nitrogens is 4. The number of rotatable bonds is 6. The third-order valence-corrected chi connectivity index (χ3v) is 4.55. The van der Waals surface area contributed by atoms with E-state index in [2.05, 4.69) is 10.3 Å². The molecule has 0 saturated heterocycles. The van der Waals surface area contributed by atoms with E-state index in [1.807, 2.05) is 13.8 Å². The fourth-order valence-corrected chi connectivity index (χ4v) is 2.51. The van der Waals surface area contributed by atoms with E-state index >= 15 is 0 Å². The van der Waals surface area contributed by atoms with Crippen molar-refractivity contribution >= 4 is 17.1 Å². The Bertz CT molecular complexity index is 872. The molecule has 132 valence electrons. The predicted octanol–water partition coefficient (Wildman–Crippen LogP) is -0.933. The summed E-state index contributed by atoms with van der Waals surface area (Å²) in [5.74, 6) is -0.424. The minimum atomic E-state index is -0.577. The molecule has 0 fully saturated rings. The fraction of sp³-hybridized carbons (Fsp3) is 0.600. The van der Waals surface area contributed by atoms with Crippen molar-refractivity contribution in [3.63, 3.8) is 0 Å². The number of hydrogen-bond acceptors (Lipinski definition) is 5. The van der Waals surface area contributed by atoms with Crippen LogP contribution in [0.4, 0.5) is 0 Å². The van der Waals surface area contributed by atoms with Crippen molar-refractivity contribution in [2.75, 3.05) is 6.54 Å². The largest absolute Gasteiger partial charge is 0.353 e. The van der Waals surface area contributed by atoms with Gasteiger partial charge in [0, 0.05) is 26.2 Å². The van der Waals surface area contributed by atoms with Crippen LogP contribution in [0.25, 0.3) is 11.2 Å². The number of nitrogens with two attached hydrogens (primary N) is 1. The van der Waals surface area contributed by atoms with Gasteiger partial charge in [-0.15, -0.1) is 0 Å². The number of nitrogens with zero attached hydrogens (tertiary/aromatic N) is 4. The van der Waals surface area contributed by atoms with Crippen LogP contribution >= 0.6 is 0 Å². The summed E-state index contributed by atoms with van der Waals surface area (Å²) in [6, 6.07) is 0. The van der Waals surface area contributed by atoms with Crippen LogP contribution in [-0.2, 0) is 25.4 Å². The number of fused-ring (bicyclic) bond motifs is 1. The molecule has 24 heavy (non-hydrogen) atoms. The van der Waals surface area contributed by atoms with Gasteiger partial charge >= 0.3 is 5.69 Å². The second-order valence-corrected chi connectivity index (χ2v) is 6.11. The van der Waals surface area contributed by atoms with Crippen molar-refractivity contribution in [2.24, 2.45) is 19.8 Å². The van der Waals surface area contributed by atoms with Crippen molar-refractivity contribution in [1.29, 1.82) is 0 Å². The molecular formula is C15H24N6O3. The van der Waals surface area contributed by atoms with Gasteiger partial charge in [0.25, 0.3) is 5.56 Å². The number of aryl methyl sites for hydroxylation is 2. The Morgan fingerprint density at radius 3 is 2.50 bits per heavy atom. The number of amides is 1. The zero-order valence-corrected chi connectivity index (χ0v) is 14.5. The first-order valence-corrected chi connectivity index (χ1v) is 7.90. The van der Waals surface area contributed by atoms with Gasteiger partial charge in [0.05, 0.1) is 6.33 Å². The number of imidazole rings is 1. The zero-order chi connectivity index (χ0) is 18.1. The Morgan fingerprint density at radius 2 is 1.92 bits per heavy atom. The van der Waals surface area contributed by atoms with Crippen LogP contribution in [0.2, 0.25) is 0 Å². The lowest BCUT2D eigenvalue weighted by atomic mass is 9.94. The highest BCUT2D eigenvalue weighted by atomic mass is 16.2. The topological polar surface area (TPSA) is 117 Å². The van der Waals surface area contributed by atoms with Crippen molar-refractivity contribution in [3.05, 3.63) is 27.2 Å². The minimum Gasteiger partial charge on any atom is -0.353 e. The number of hydrogen-bond donors (Lipinski definition) is 2. The molecule has 0 aliphatic heterocycles. The van der Waals surface area contributed by atoms with Gasteiger partial charge in [0.15, 0.2) is 11.2 Å². The molecule has 1 amide bonds. The van der Waals surface area contributed by atoms with E-state index < -0.39 is 22.7 Å². The Labute approximate surface area is 139 Å². The second-order valence-electron chi connectivity index (χ2n) is 6.11. The van der Waals surface area contributed by atoms with Gasteiger partial charge < -0.3 is 15.6 Å². The highest BCUT2D eigenvalue weighted by Gasteiger charge is 2.22. The van der Waals surface area contributed by atoms with E-state index in [1.165, 1.54) is 22.5 Å². The lowest BCUT2D eigenvalue weighted by Crippen LogP contribution is -2.51. The Balaban J connectivity index is 2.30. The summed E-state index contributed by atoms with van der Waals surface area (Å²) >= 11 is 0. The van der Waals surface area contributed by atoms with Gasteiger partial charge in [0.1, 0.15) is 6.54 Å². The average molecular weight is 336 g/mol. The first-order chi connectivity index (χ1) is 11.2. The number of carbonyl (C=O) groups is 1. The van der Waals surface area contributed by atoms with Crippen molar-refractivity contribution < 1.29 is 4.79 Å². The fourth-order valence-electron chi connectivity index (χ4n) is 2.51. The molecule has 0 aliphatic carbocycles. The number of carbonyl (C=O) groups excluding carboxylic acids is 1. The van der Waals surface area contributed by atoms with Gasteiger partial charge in [-0.1, -0.05) is 13.8 Å². The molecule has 9 nitrogen and oxygen atoms in total. The molecular weight excluding hydrogens is 312 g/mol. The summed E-state index contributed by atoms with van der Waals surface area (Å²) in [4.78, 5) is 41.1. The monoisotopic (exact) mass is 336 g/mol. The Hall–Kier alpha value is -2.42. The molecule has 2 rings (SSSR count). The van der Waals surface area contributed by atoms with Crippen LogP contribution in [-0.4, -0.2) is 36.7 Å². The molecule has 0 radical (unpaired) electrons. The van der Waals surface area contributed by atoms with E-state index in [1.54, 1.807) is 7.05 Å². The van der Waals surface area contributed by atoms with Crippen LogP contribution in [0, 0.1) is 0 Å². The highest BCUT2D eigenvalue weighted by Crippen LogP contribution is 2.09. The molecule has 2 aromatic heterocycles. The third kappa shape index (κ3) is 3.12. The summed E-state index contributed by atoms with van der Waals surface area (Å²) in [7, 11) is 3.18. The zero-order valence-electron chi connectivity index (χ0n) is 14.5.